The molecule has 0 aliphatic carbocycles. The average Bonchev–Trinajstić information content (AvgIpc) is 3.15. The number of hydrogen-bond donors (Lipinski definition) is 2. The Bertz CT molecular complexity index is 849. The second kappa shape index (κ2) is 8.60. The summed E-state index contributed by atoms with van der Waals surface area (Å²) in [5.41, 5.74) is 2.29. The van der Waals surface area contributed by atoms with Gasteiger partial charge in [-0.25, -0.2) is 4.98 Å². The molecule has 3 rings (SSSR count). The van der Waals surface area contributed by atoms with Crippen LogP contribution in [0.25, 0.3) is 0 Å². The van der Waals surface area contributed by atoms with Gasteiger partial charge in [0.25, 0.3) is 0 Å². The molecule has 3 aromatic rings. The van der Waals surface area contributed by atoms with E-state index in [1.165, 1.54) is 6.20 Å². The van der Waals surface area contributed by atoms with E-state index in [2.05, 4.69) is 32.8 Å². The van der Waals surface area contributed by atoms with E-state index in [1.54, 1.807) is 18.3 Å². The van der Waals surface area contributed by atoms with Crippen molar-refractivity contribution < 1.29 is 4.79 Å². The van der Waals surface area contributed by atoms with Crippen LogP contribution in [0.2, 0.25) is 5.02 Å². The molecule has 0 aliphatic rings. The molecule has 0 aliphatic heterocycles. The second-order valence-corrected chi connectivity index (χ2v) is 6.36. The van der Waals surface area contributed by atoms with Gasteiger partial charge < -0.3 is 10.6 Å². The lowest BCUT2D eigenvalue weighted by atomic mass is 10.1. The first-order valence-corrected chi connectivity index (χ1v) is 8.69. The molecule has 0 spiro atoms. The summed E-state index contributed by atoms with van der Waals surface area (Å²) in [5, 5.41) is 10.8. The third kappa shape index (κ3) is 4.91. The number of benzene rings is 1. The molecule has 1 atom stereocenters. The highest BCUT2D eigenvalue weighted by Crippen LogP contribution is 2.12. The number of aromatic nitrogens is 3. The lowest BCUT2D eigenvalue weighted by Gasteiger charge is -2.16. The zero-order valence-electron chi connectivity index (χ0n) is 14.4. The molecule has 0 saturated carbocycles. The molecule has 2 aromatic heterocycles. The van der Waals surface area contributed by atoms with Gasteiger partial charge in [0.1, 0.15) is 5.82 Å². The molecule has 0 radical (unpaired) electrons. The number of nitrogens with zero attached hydrogens (tertiary/aromatic N) is 3. The van der Waals surface area contributed by atoms with Gasteiger partial charge >= 0.3 is 0 Å². The van der Waals surface area contributed by atoms with E-state index in [0.717, 1.165) is 11.1 Å². The van der Waals surface area contributed by atoms with Crippen LogP contribution in [-0.4, -0.2) is 26.7 Å². The molecular formula is C19H20ClN5O. The minimum absolute atomic E-state index is 0.149. The van der Waals surface area contributed by atoms with Gasteiger partial charge in [0.15, 0.2) is 0 Å². The summed E-state index contributed by atoms with van der Waals surface area (Å²) in [6, 6.07) is 13.0. The standard InChI is InChI=1S/C19H20ClN5O/c1-14(19(26)24-18-8-7-17(20)12-22-18)21-11-15-5-2-3-6-16(15)13-25-10-4-9-23-25/h2-10,12,14,21H,11,13H2,1H3,(H,22,24,26)/t14-/m0/s1. The third-order valence-electron chi connectivity index (χ3n) is 3.98. The van der Waals surface area contributed by atoms with E-state index >= 15 is 0 Å². The Labute approximate surface area is 157 Å². The van der Waals surface area contributed by atoms with Crippen molar-refractivity contribution in [2.75, 3.05) is 5.32 Å². The molecule has 0 fully saturated rings. The number of carbonyl (C=O) groups is 1. The number of pyridine rings is 1. The van der Waals surface area contributed by atoms with Crippen LogP contribution in [0.3, 0.4) is 0 Å². The van der Waals surface area contributed by atoms with Crippen molar-refractivity contribution in [3.63, 3.8) is 0 Å². The van der Waals surface area contributed by atoms with E-state index in [1.807, 2.05) is 36.0 Å². The van der Waals surface area contributed by atoms with E-state index in [-0.39, 0.29) is 11.9 Å². The van der Waals surface area contributed by atoms with Gasteiger partial charge in [0, 0.05) is 25.1 Å². The Balaban J connectivity index is 1.58. The van der Waals surface area contributed by atoms with Crippen LogP contribution in [-0.2, 0) is 17.9 Å². The highest BCUT2D eigenvalue weighted by Gasteiger charge is 2.14. The zero-order valence-corrected chi connectivity index (χ0v) is 15.1. The smallest absolute Gasteiger partial charge is 0.242 e. The van der Waals surface area contributed by atoms with Gasteiger partial charge in [-0.1, -0.05) is 35.9 Å². The SMILES string of the molecule is C[C@H](NCc1ccccc1Cn1cccn1)C(=O)Nc1ccc(Cl)cn1. The molecule has 0 unspecified atom stereocenters. The summed E-state index contributed by atoms with van der Waals surface area (Å²) in [7, 11) is 0. The van der Waals surface area contributed by atoms with Crippen molar-refractivity contribution in [2.24, 2.45) is 0 Å². The Hall–Kier alpha value is -2.70. The molecule has 1 aromatic carbocycles. The molecule has 0 saturated heterocycles. The van der Waals surface area contributed by atoms with E-state index in [0.29, 0.717) is 23.9 Å². The highest BCUT2D eigenvalue weighted by molar-refractivity contribution is 6.30. The monoisotopic (exact) mass is 369 g/mol. The van der Waals surface area contributed by atoms with Gasteiger partial charge in [0.2, 0.25) is 5.91 Å². The maximum absolute atomic E-state index is 12.3. The first kappa shape index (κ1) is 18.1. The lowest BCUT2D eigenvalue weighted by molar-refractivity contribution is -0.117. The largest absolute Gasteiger partial charge is 0.309 e. The van der Waals surface area contributed by atoms with E-state index in [4.69, 9.17) is 11.6 Å². The number of carbonyl (C=O) groups excluding carboxylic acids is 1. The minimum atomic E-state index is -0.370. The van der Waals surface area contributed by atoms with Gasteiger partial charge in [0.05, 0.1) is 17.6 Å². The van der Waals surface area contributed by atoms with Crippen molar-refractivity contribution in [3.05, 3.63) is 77.2 Å². The van der Waals surface area contributed by atoms with Crippen molar-refractivity contribution in [1.82, 2.24) is 20.1 Å². The number of halogens is 1. The fourth-order valence-corrected chi connectivity index (χ4v) is 2.60. The van der Waals surface area contributed by atoms with Crippen LogP contribution in [0, 0.1) is 0 Å². The fourth-order valence-electron chi connectivity index (χ4n) is 2.49. The molecule has 2 heterocycles. The quantitative estimate of drug-likeness (QED) is 0.671. The van der Waals surface area contributed by atoms with E-state index in [9.17, 15) is 4.79 Å². The molecule has 26 heavy (non-hydrogen) atoms. The Morgan fingerprint density at radius 3 is 2.69 bits per heavy atom. The Kier molecular flexibility index (Phi) is 5.99. The first-order chi connectivity index (χ1) is 12.6. The number of hydrogen-bond acceptors (Lipinski definition) is 4. The predicted octanol–water partition coefficient (Wildman–Crippen LogP) is 3.10. The number of rotatable bonds is 7. The number of amides is 1. The normalized spacial score (nSPS) is 11.9. The molecule has 6 nitrogen and oxygen atoms in total. The van der Waals surface area contributed by atoms with Gasteiger partial charge in [-0.05, 0) is 36.2 Å². The summed E-state index contributed by atoms with van der Waals surface area (Å²) >= 11 is 5.80. The summed E-state index contributed by atoms with van der Waals surface area (Å²) in [4.78, 5) is 16.4. The van der Waals surface area contributed by atoms with Gasteiger partial charge in [-0.2, -0.15) is 5.10 Å². The second-order valence-electron chi connectivity index (χ2n) is 5.93. The summed E-state index contributed by atoms with van der Waals surface area (Å²) in [5.74, 6) is 0.330. The van der Waals surface area contributed by atoms with Crippen LogP contribution in [0.5, 0.6) is 0 Å². The Morgan fingerprint density at radius 1 is 1.19 bits per heavy atom. The molecular weight excluding hydrogens is 350 g/mol. The minimum Gasteiger partial charge on any atom is -0.309 e. The van der Waals surface area contributed by atoms with Crippen molar-refractivity contribution >= 4 is 23.3 Å². The third-order valence-corrected chi connectivity index (χ3v) is 4.20. The summed E-state index contributed by atoms with van der Waals surface area (Å²) < 4.78 is 1.88. The van der Waals surface area contributed by atoms with Crippen LogP contribution in [0.1, 0.15) is 18.1 Å². The topological polar surface area (TPSA) is 71.8 Å². The average molecular weight is 370 g/mol. The van der Waals surface area contributed by atoms with E-state index < -0.39 is 0 Å². The molecule has 7 heteroatoms. The molecule has 0 bridgehead atoms. The Morgan fingerprint density at radius 2 is 2.00 bits per heavy atom. The van der Waals surface area contributed by atoms with Crippen molar-refractivity contribution in [2.45, 2.75) is 26.1 Å². The number of nitrogens with one attached hydrogen (secondary N) is 2. The van der Waals surface area contributed by atoms with Gasteiger partial charge in [-0.3, -0.25) is 9.48 Å². The zero-order chi connectivity index (χ0) is 18.4. The van der Waals surface area contributed by atoms with Crippen molar-refractivity contribution in [3.8, 4) is 0 Å². The van der Waals surface area contributed by atoms with Crippen LogP contribution >= 0.6 is 11.6 Å². The lowest BCUT2D eigenvalue weighted by Crippen LogP contribution is -2.38. The number of anilines is 1. The molecule has 2 N–H and O–H groups in total. The highest BCUT2D eigenvalue weighted by atomic mass is 35.5. The maximum atomic E-state index is 12.3. The molecule has 134 valence electrons. The summed E-state index contributed by atoms with van der Waals surface area (Å²) in [6.07, 6.45) is 5.19. The predicted molar refractivity (Wildman–Crippen MR) is 102 cm³/mol. The van der Waals surface area contributed by atoms with Gasteiger partial charge in [-0.15, -0.1) is 0 Å². The van der Waals surface area contributed by atoms with Crippen molar-refractivity contribution in [1.29, 1.82) is 0 Å². The first-order valence-electron chi connectivity index (χ1n) is 8.32. The van der Waals surface area contributed by atoms with Crippen LogP contribution < -0.4 is 10.6 Å². The molecule has 1 amide bonds. The maximum Gasteiger partial charge on any atom is 0.242 e. The van der Waals surface area contributed by atoms with Crippen LogP contribution in [0.4, 0.5) is 5.82 Å². The van der Waals surface area contributed by atoms with Crippen LogP contribution in [0.15, 0.2) is 61.1 Å². The fraction of sp³-hybridized carbons (Fsp3) is 0.211. The summed E-state index contributed by atoms with van der Waals surface area (Å²) in [6.45, 7) is 3.10.